The molecule has 0 aliphatic heterocycles. The van der Waals surface area contributed by atoms with Gasteiger partial charge < -0.3 is 10.6 Å². The van der Waals surface area contributed by atoms with Gasteiger partial charge in [-0.05, 0) is 50.1 Å². The van der Waals surface area contributed by atoms with Crippen molar-refractivity contribution in [2.24, 2.45) is 23.0 Å². The Labute approximate surface area is 94.2 Å². The molecule has 0 radical (unpaired) electrons. The van der Waals surface area contributed by atoms with Crippen molar-refractivity contribution in [1.29, 1.82) is 0 Å². The van der Waals surface area contributed by atoms with Crippen LogP contribution in [0.4, 0.5) is 0 Å². The summed E-state index contributed by atoms with van der Waals surface area (Å²) in [6.45, 7) is 6.49. The number of hydrogen-bond acceptors (Lipinski definition) is 2. The van der Waals surface area contributed by atoms with Gasteiger partial charge in [0.15, 0.2) is 0 Å². The maximum atomic E-state index is 5.80. The fraction of sp³-hybridized carbons (Fsp3) is 1.00. The summed E-state index contributed by atoms with van der Waals surface area (Å²) in [4.78, 5) is 2.58. The fourth-order valence-corrected chi connectivity index (χ4v) is 3.61. The molecule has 2 heteroatoms. The molecule has 2 rings (SSSR count). The Kier molecular flexibility index (Phi) is 3.09. The minimum absolute atomic E-state index is 0.274. The Balaban J connectivity index is 1.89. The number of fused-ring (bicyclic) bond motifs is 2. The zero-order valence-corrected chi connectivity index (χ0v) is 10.5. The number of nitrogens with two attached hydrogens (primary N) is 1. The molecule has 0 aromatic rings. The maximum absolute atomic E-state index is 5.80. The van der Waals surface area contributed by atoms with Gasteiger partial charge in [0.05, 0.1) is 0 Å². The van der Waals surface area contributed by atoms with Crippen molar-refractivity contribution in [1.82, 2.24) is 4.90 Å². The van der Waals surface area contributed by atoms with Gasteiger partial charge in [-0.2, -0.15) is 0 Å². The van der Waals surface area contributed by atoms with E-state index in [0.717, 1.165) is 31.0 Å². The second kappa shape index (κ2) is 4.06. The molecule has 0 saturated heterocycles. The van der Waals surface area contributed by atoms with Crippen LogP contribution in [0.25, 0.3) is 0 Å². The summed E-state index contributed by atoms with van der Waals surface area (Å²) in [6.07, 6.45) is 5.91. The molecule has 0 aromatic carbocycles. The monoisotopic (exact) mass is 210 g/mol. The molecule has 2 aliphatic carbocycles. The Bertz CT molecular complexity index is 225. The second-order valence-corrected chi connectivity index (χ2v) is 6.53. The Hall–Kier alpha value is -0.0800. The molecule has 0 amide bonds. The Morgan fingerprint density at radius 2 is 2.00 bits per heavy atom. The third-order valence-electron chi connectivity index (χ3n) is 4.50. The largest absolute Gasteiger partial charge is 0.330 e. The van der Waals surface area contributed by atoms with Gasteiger partial charge >= 0.3 is 0 Å². The van der Waals surface area contributed by atoms with Gasteiger partial charge in [-0.15, -0.1) is 0 Å². The average Bonchev–Trinajstić information content (AvgIpc) is 2.78. The highest BCUT2D eigenvalue weighted by Gasteiger charge is 2.41. The first-order chi connectivity index (χ1) is 7.02. The van der Waals surface area contributed by atoms with E-state index in [4.69, 9.17) is 5.73 Å². The molecule has 88 valence electrons. The second-order valence-electron chi connectivity index (χ2n) is 6.53. The van der Waals surface area contributed by atoms with Crippen molar-refractivity contribution < 1.29 is 0 Å². The van der Waals surface area contributed by atoms with E-state index in [-0.39, 0.29) is 5.41 Å². The van der Waals surface area contributed by atoms with Gasteiger partial charge in [-0.1, -0.05) is 20.3 Å². The first-order valence-electron chi connectivity index (χ1n) is 6.42. The predicted octanol–water partition coefficient (Wildman–Crippen LogP) is 2.09. The van der Waals surface area contributed by atoms with Crippen LogP contribution in [-0.4, -0.2) is 31.1 Å². The van der Waals surface area contributed by atoms with Crippen LogP contribution in [0.5, 0.6) is 0 Å². The molecule has 2 saturated carbocycles. The quantitative estimate of drug-likeness (QED) is 0.770. The molecule has 15 heavy (non-hydrogen) atoms. The van der Waals surface area contributed by atoms with E-state index in [0.29, 0.717) is 0 Å². The van der Waals surface area contributed by atoms with Crippen molar-refractivity contribution in [3.8, 4) is 0 Å². The van der Waals surface area contributed by atoms with E-state index in [1.54, 1.807) is 0 Å². The lowest BCUT2D eigenvalue weighted by atomic mass is 9.89. The van der Waals surface area contributed by atoms with Crippen molar-refractivity contribution in [2.45, 2.75) is 45.6 Å². The number of nitrogens with zero attached hydrogens (tertiary/aromatic N) is 1. The van der Waals surface area contributed by atoms with Crippen molar-refractivity contribution >= 4 is 0 Å². The number of rotatable bonds is 4. The normalized spacial score (nSPS) is 35.4. The molecule has 2 bridgehead atoms. The molecular formula is C13H26N2. The molecule has 0 heterocycles. The van der Waals surface area contributed by atoms with E-state index >= 15 is 0 Å². The zero-order chi connectivity index (χ0) is 11.1. The third kappa shape index (κ3) is 2.36. The maximum Gasteiger partial charge on any atom is 0.0123 e. The van der Waals surface area contributed by atoms with Crippen molar-refractivity contribution in [2.75, 3.05) is 20.1 Å². The van der Waals surface area contributed by atoms with Crippen LogP contribution < -0.4 is 5.73 Å². The lowest BCUT2D eigenvalue weighted by Crippen LogP contribution is -2.43. The van der Waals surface area contributed by atoms with Crippen LogP contribution in [0.1, 0.15) is 39.5 Å². The van der Waals surface area contributed by atoms with Crippen molar-refractivity contribution in [3.63, 3.8) is 0 Å². The summed E-state index contributed by atoms with van der Waals surface area (Å²) in [6, 6.07) is 0.856. The topological polar surface area (TPSA) is 29.3 Å². The molecule has 0 spiro atoms. The summed E-state index contributed by atoms with van der Waals surface area (Å²) in [5.74, 6) is 2.04. The summed E-state index contributed by atoms with van der Waals surface area (Å²) in [7, 11) is 2.29. The highest BCUT2D eigenvalue weighted by atomic mass is 15.1. The van der Waals surface area contributed by atoms with E-state index < -0.39 is 0 Å². The SMILES string of the molecule is CN(CC(C)(C)CN)C1CC2CCC1C2. The van der Waals surface area contributed by atoms with Gasteiger partial charge in [0, 0.05) is 12.6 Å². The zero-order valence-electron chi connectivity index (χ0n) is 10.5. The fourth-order valence-electron chi connectivity index (χ4n) is 3.61. The highest BCUT2D eigenvalue weighted by Crippen LogP contribution is 2.46. The highest BCUT2D eigenvalue weighted by molar-refractivity contribution is 4.95. The number of hydrogen-bond donors (Lipinski definition) is 1. The minimum Gasteiger partial charge on any atom is -0.330 e. The molecule has 2 fully saturated rings. The van der Waals surface area contributed by atoms with Gasteiger partial charge in [-0.25, -0.2) is 0 Å². The lowest BCUT2D eigenvalue weighted by Gasteiger charge is -2.36. The predicted molar refractivity (Wildman–Crippen MR) is 64.7 cm³/mol. The van der Waals surface area contributed by atoms with E-state index in [2.05, 4.69) is 25.8 Å². The molecule has 2 aliphatic rings. The Morgan fingerprint density at radius 3 is 2.47 bits per heavy atom. The van der Waals surface area contributed by atoms with Crippen LogP contribution in [0.3, 0.4) is 0 Å². The summed E-state index contributed by atoms with van der Waals surface area (Å²) in [5.41, 5.74) is 6.08. The molecule has 3 atom stereocenters. The molecule has 0 aromatic heterocycles. The van der Waals surface area contributed by atoms with Crippen LogP contribution in [0.15, 0.2) is 0 Å². The standard InChI is InChI=1S/C13H26N2/c1-13(2,8-14)9-15(3)12-7-10-4-5-11(12)6-10/h10-12H,4-9,14H2,1-3H3. The minimum atomic E-state index is 0.274. The summed E-state index contributed by atoms with van der Waals surface area (Å²) < 4.78 is 0. The van der Waals surface area contributed by atoms with Crippen LogP contribution in [0, 0.1) is 17.3 Å². The van der Waals surface area contributed by atoms with Crippen molar-refractivity contribution in [3.05, 3.63) is 0 Å². The molecule has 3 unspecified atom stereocenters. The summed E-state index contributed by atoms with van der Waals surface area (Å²) >= 11 is 0. The first-order valence-corrected chi connectivity index (χ1v) is 6.42. The molecule has 2 nitrogen and oxygen atoms in total. The van der Waals surface area contributed by atoms with E-state index in [1.807, 2.05) is 0 Å². The third-order valence-corrected chi connectivity index (χ3v) is 4.50. The molecule has 2 N–H and O–H groups in total. The van der Waals surface area contributed by atoms with E-state index in [1.165, 1.54) is 25.7 Å². The average molecular weight is 210 g/mol. The van der Waals surface area contributed by atoms with Crippen LogP contribution >= 0.6 is 0 Å². The van der Waals surface area contributed by atoms with Crippen LogP contribution in [-0.2, 0) is 0 Å². The first kappa shape index (κ1) is 11.4. The smallest absolute Gasteiger partial charge is 0.0123 e. The van der Waals surface area contributed by atoms with Crippen LogP contribution in [0.2, 0.25) is 0 Å². The Morgan fingerprint density at radius 1 is 1.27 bits per heavy atom. The summed E-state index contributed by atoms with van der Waals surface area (Å²) in [5, 5.41) is 0. The lowest BCUT2D eigenvalue weighted by molar-refractivity contribution is 0.125. The van der Waals surface area contributed by atoms with Gasteiger partial charge in [0.1, 0.15) is 0 Å². The van der Waals surface area contributed by atoms with Gasteiger partial charge in [0.2, 0.25) is 0 Å². The molecular weight excluding hydrogens is 184 g/mol. The van der Waals surface area contributed by atoms with E-state index in [9.17, 15) is 0 Å². The van der Waals surface area contributed by atoms with Gasteiger partial charge in [0.25, 0.3) is 0 Å². The van der Waals surface area contributed by atoms with Gasteiger partial charge in [-0.3, -0.25) is 0 Å².